The Hall–Kier alpha value is -4.33. The van der Waals surface area contributed by atoms with Crippen LogP contribution in [0.2, 0.25) is 0 Å². The fourth-order valence-corrected chi connectivity index (χ4v) is 5.21. The normalized spacial score (nSPS) is 19.6. The molecule has 5 heterocycles. The van der Waals surface area contributed by atoms with Gasteiger partial charge in [0.25, 0.3) is 0 Å². The van der Waals surface area contributed by atoms with Crippen molar-refractivity contribution in [2.24, 2.45) is 7.05 Å². The zero-order valence-electron chi connectivity index (χ0n) is 22.0. The minimum absolute atomic E-state index is 0.0481. The molecular weight excluding hydrogens is 523 g/mol. The Labute approximate surface area is 228 Å². The first-order valence-corrected chi connectivity index (χ1v) is 13.2. The Bertz CT molecular complexity index is 1510. The molecule has 210 valence electrons. The van der Waals surface area contributed by atoms with Crippen LogP contribution >= 0.6 is 0 Å². The second kappa shape index (κ2) is 11.0. The van der Waals surface area contributed by atoms with Crippen molar-refractivity contribution >= 4 is 22.4 Å². The minimum Gasteiger partial charge on any atom is -0.485 e. The fourth-order valence-electron chi connectivity index (χ4n) is 5.21. The van der Waals surface area contributed by atoms with Crippen LogP contribution in [0.4, 0.5) is 15.9 Å². The Morgan fingerprint density at radius 2 is 1.93 bits per heavy atom. The lowest BCUT2D eigenvalue weighted by molar-refractivity contribution is -0.385. The number of fused-ring (bicyclic) bond motifs is 1. The van der Waals surface area contributed by atoms with E-state index in [0.29, 0.717) is 54.5 Å². The standard InChI is InChI=1S/C26H29FN8O5/c1-32-24(23(14-29-32)35(36)37)16-39-20-10-21-22(28-13-20)11-25(33-6-8-38-9-7-33)31-26(21)40-19-4-2-18(3-5-19)34-15-17(27)12-30-34/h10-15,18-19H,2-9,16H2,1H3. The van der Waals surface area contributed by atoms with Gasteiger partial charge in [-0.15, -0.1) is 0 Å². The van der Waals surface area contributed by atoms with Crippen molar-refractivity contribution in [3.05, 3.63) is 58.5 Å². The number of morpholine rings is 1. The maximum absolute atomic E-state index is 13.4. The Morgan fingerprint density at radius 3 is 2.65 bits per heavy atom. The van der Waals surface area contributed by atoms with E-state index >= 15 is 0 Å². The zero-order valence-corrected chi connectivity index (χ0v) is 22.0. The Kier molecular flexibility index (Phi) is 7.15. The molecule has 0 aromatic carbocycles. The number of rotatable bonds is 8. The molecule has 1 aliphatic carbocycles. The number of anilines is 1. The van der Waals surface area contributed by atoms with E-state index in [2.05, 4.69) is 20.1 Å². The van der Waals surface area contributed by atoms with Crippen LogP contribution in [0.1, 0.15) is 37.4 Å². The van der Waals surface area contributed by atoms with E-state index in [4.69, 9.17) is 19.2 Å². The van der Waals surface area contributed by atoms with Crippen molar-refractivity contribution in [1.29, 1.82) is 0 Å². The number of aromatic nitrogens is 6. The van der Waals surface area contributed by atoms with Crippen molar-refractivity contribution in [2.75, 3.05) is 31.2 Å². The third-order valence-electron chi connectivity index (χ3n) is 7.42. The molecule has 40 heavy (non-hydrogen) atoms. The summed E-state index contributed by atoms with van der Waals surface area (Å²) in [4.78, 5) is 22.5. The van der Waals surface area contributed by atoms with Gasteiger partial charge in [0.1, 0.15) is 30.5 Å². The summed E-state index contributed by atoms with van der Waals surface area (Å²) in [6.07, 6.45) is 8.54. The SMILES string of the molecule is Cn1ncc([N+](=O)[O-])c1COc1cnc2cc(N3CCOCC3)nc(OC3CCC(n4cc(F)cn4)CC3)c2c1. The maximum Gasteiger partial charge on any atom is 0.313 e. The second-order valence-electron chi connectivity index (χ2n) is 9.96. The summed E-state index contributed by atoms with van der Waals surface area (Å²) in [5.41, 5.74) is 0.938. The van der Waals surface area contributed by atoms with Gasteiger partial charge >= 0.3 is 5.69 Å². The number of aryl methyl sites for hydroxylation is 1. The lowest BCUT2D eigenvalue weighted by Gasteiger charge is -2.30. The molecule has 0 atom stereocenters. The largest absolute Gasteiger partial charge is 0.485 e. The monoisotopic (exact) mass is 552 g/mol. The minimum atomic E-state index is -0.481. The highest BCUT2D eigenvalue weighted by Crippen LogP contribution is 2.35. The maximum atomic E-state index is 13.4. The zero-order chi connectivity index (χ0) is 27.6. The molecule has 4 aromatic heterocycles. The Balaban J connectivity index is 1.25. The highest BCUT2D eigenvalue weighted by atomic mass is 19.1. The highest BCUT2D eigenvalue weighted by Gasteiger charge is 2.26. The van der Waals surface area contributed by atoms with Crippen LogP contribution in [0.3, 0.4) is 0 Å². The van der Waals surface area contributed by atoms with Crippen LogP contribution in [0, 0.1) is 15.9 Å². The molecule has 0 radical (unpaired) electrons. The molecule has 4 aromatic rings. The first-order valence-electron chi connectivity index (χ1n) is 13.2. The number of hydrogen-bond donors (Lipinski definition) is 0. The molecule has 2 aliphatic rings. The molecule has 1 saturated heterocycles. The molecule has 0 unspecified atom stereocenters. The topological polar surface area (TPSA) is 135 Å². The predicted molar refractivity (Wildman–Crippen MR) is 141 cm³/mol. The van der Waals surface area contributed by atoms with Crippen LogP contribution in [-0.2, 0) is 18.4 Å². The first kappa shape index (κ1) is 25.9. The predicted octanol–water partition coefficient (Wildman–Crippen LogP) is 3.59. The number of hydrogen-bond acceptors (Lipinski definition) is 10. The van der Waals surface area contributed by atoms with E-state index in [0.717, 1.165) is 31.5 Å². The molecule has 0 amide bonds. The van der Waals surface area contributed by atoms with Crippen LogP contribution in [0.15, 0.2) is 36.9 Å². The molecule has 13 nitrogen and oxygen atoms in total. The van der Waals surface area contributed by atoms with Gasteiger partial charge in [-0.3, -0.25) is 24.5 Å². The summed E-state index contributed by atoms with van der Waals surface area (Å²) in [6, 6.07) is 3.85. The fraction of sp³-hybridized carbons (Fsp3) is 0.462. The third-order valence-corrected chi connectivity index (χ3v) is 7.42. The van der Waals surface area contributed by atoms with Gasteiger partial charge < -0.3 is 19.1 Å². The number of nitrogens with zero attached hydrogens (tertiary/aromatic N) is 8. The lowest BCUT2D eigenvalue weighted by atomic mass is 9.93. The van der Waals surface area contributed by atoms with Crippen molar-refractivity contribution in [2.45, 2.75) is 44.4 Å². The third kappa shape index (κ3) is 5.39. The second-order valence-corrected chi connectivity index (χ2v) is 9.96. The number of pyridine rings is 2. The summed E-state index contributed by atoms with van der Waals surface area (Å²) >= 11 is 0. The van der Waals surface area contributed by atoms with E-state index < -0.39 is 4.92 Å². The van der Waals surface area contributed by atoms with Gasteiger partial charge in [-0.1, -0.05) is 0 Å². The van der Waals surface area contributed by atoms with E-state index in [9.17, 15) is 14.5 Å². The average Bonchev–Trinajstić information content (AvgIpc) is 3.58. The van der Waals surface area contributed by atoms with Crippen LogP contribution in [-0.4, -0.2) is 66.9 Å². The van der Waals surface area contributed by atoms with Crippen LogP contribution in [0.5, 0.6) is 11.6 Å². The van der Waals surface area contributed by atoms with Crippen molar-refractivity contribution < 1.29 is 23.5 Å². The van der Waals surface area contributed by atoms with Gasteiger partial charge in [0.05, 0.1) is 53.7 Å². The van der Waals surface area contributed by atoms with Crippen LogP contribution in [0.25, 0.3) is 10.9 Å². The van der Waals surface area contributed by atoms with Crippen molar-refractivity contribution in [3.8, 4) is 11.6 Å². The molecule has 0 bridgehead atoms. The molecule has 6 rings (SSSR count). The summed E-state index contributed by atoms with van der Waals surface area (Å²) < 4.78 is 34.5. The molecule has 14 heteroatoms. The average molecular weight is 553 g/mol. The highest BCUT2D eigenvalue weighted by molar-refractivity contribution is 5.87. The number of nitro groups is 1. The van der Waals surface area contributed by atoms with Crippen LogP contribution < -0.4 is 14.4 Å². The van der Waals surface area contributed by atoms with E-state index in [-0.39, 0.29) is 30.3 Å². The van der Waals surface area contributed by atoms with E-state index in [1.165, 1.54) is 23.3 Å². The molecule has 0 spiro atoms. The molecular formula is C26H29FN8O5. The van der Waals surface area contributed by atoms with Gasteiger partial charge in [-0.25, -0.2) is 4.39 Å². The summed E-state index contributed by atoms with van der Waals surface area (Å²) in [6.45, 7) is 2.62. The van der Waals surface area contributed by atoms with E-state index in [1.54, 1.807) is 24.0 Å². The van der Waals surface area contributed by atoms with Gasteiger partial charge in [-0.05, 0) is 31.7 Å². The van der Waals surface area contributed by atoms with Crippen molar-refractivity contribution in [3.63, 3.8) is 0 Å². The molecule has 0 N–H and O–H groups in total. The summed E-state index contributed by atoms with van der Waals surface area (Å²) in [5, 5.41) is 20.1. The van der Waals surface area contributed by atoms with Gasteiger partial charge in [0.15, 0.2) is 11.5 Å². The van der Waals surface area contributed by atoms with Gasteiger partial charge in [-0.2, -0.15) is 15.2 Å². The first-order chi connectivity index (χ1) is 19.4. The molecule has 1 saturated carbocycles. The van der Waals surface area contributed by atoms with Gasteiger partial charge in [0, 0.05) is 26.2 Å². The molecule has 2 fully saturated rings. The Morgan fingerprint density at radius 1 is 1.12 bits per heavy atom. The van der Waals surface area contributed by atoms with E-state index in [1.807, 2.05) is 6.07 Å². The number of ether oxygens (including phenoxy) is 3. The van der Waals surface area contributed by atoms with Gasteiger partial charge in [0.2, 0.25) is 5.88 Å². The quantitative estimate of drug-likeness (QED) is 0.236. The smallest absolute Gasteiger partial charge is 0.313 e. The summed E-state index contributed by atoms with van der Waals surface area (Å²) in [7, 11) is 1.63. The number of halogens is 1. The van der Waals surface area contributed by atoms with Crippen molar-refractivity contribution in [1.82, 2.24) is 29.5 Å². The molecule has 1 aliphatic heterocycles. The lowest BCUT2D eigenvalue weighted by Crippen LogP contribution is -2.36. The summed E-state index contributed by atoms with van der Waals surface area (Å²) in [5.74, 6) is 1.31.